The second kappa shape index (κ2) is 10.9. The van der Waals surface area contributed by atoms with Crippen molar-refractivity contribution in [2.45, 2.75) is 69.5 Å². The molecule has 2 aromatic rings. The van der Waals surface area contributed by atoms with E-state index in [2.05, 4.69) is 44.2 Å². The van der Waals surface area contributed by atoms with E-state index in [1.807, 2.05) is 6.07 Å². The minimum Gasteiger partial charge on any atom is -0.487 e. The largest absolute Gasteiger partial charge is 0.487 e. The van der Waals surface area contributed by atoms with E-state index in [-0.39, 0.29) is 19.1 Å². The summed E-state index contributed by atoms with van der Waals surface area (Å²) in [6, 6.07) is 14.1. The Balaban J connectivity index is 1.72. The first-order valence-electron chi connectivity index (χ1n) is 11.9. The molecule has 2 aliphatic heterocycles. The second-order valence-electron chi connectivity index (χ2n) is 9.49. The standard InChI is InChI=1S/C27H33NO6/c1-16(2)18-5-3-17(4-6-18)9-19-10-23(27-26(31)24(30)12-22(14-29)34-27)25(11-20(19)13-28)33-21-7-8-32-15-21/h3-6,10-11,16,21-22,24,26-27,29-31H,7-9,12,14-15H2,1-2H3/t21-,22+,24+,26-,27+/m1/s1. The lowest BCUT2D eigenvalue weighted by molar-refractivity contribution is -0.180. The quantitative estimate of drug-likeness (QED) is 0.574. The van der Waals surface area contributed by atoms with Gasteiger partial charge in [-0.3, -0.25) is 0 Å². The number of ether oxygens (including phenoxy) is 3. The smallest absolute Gasteiger partial charge is 0.127 e. The van der Waals surface area contributed by atoms with Gasteiger partial charge >= 0.3 is 0 Å². The van der Waals surface area contributed by atoms with E-state index in [4.69, 9.17) is 14.2 Å². The third-order valence-corrected chi connectivity index (χ3v) is 6.64. The maximum atomic E-state index is 10.8. The van der Waals surface area contributed by atoms with Crippen molar-refractivity contribution in [3.8, 4) is 11.8 Å². The lowest BCUT2D eigenvalue weighted by Gasteiger charge is -2.37. The number of aliphatic hydroxyl groups excluding tert-OH is 3. The van der Waals surface area contributed by atoms with Crippen LogP contribution in [0, 0.1) is 11.3 Å². The summed E-state index contributed by atoms with van der Waals surface area (Å²) in [7, 11) is 0. The molecule has 0 aliphatic carbocycles. The Morgan fingerprint density at radius 2 is 1.94 bits per heavy atom. The maximum absolute atomic E-state index is 10.8. The average Bonchev–Trinajstić information content (AvgIpc) is 3.35. The molecule has 2 fully saturated rings. The van der Waals surface area contributed by atoms with Crippen LogP contribution >= 0.6 is 0 Å². The fraction of sp³-hybridized carbons (Fsp3) is 0.519. The molecule has 3 N–H and O–H groups in total. The van der Waals surface area contributed by atoms with Crippen LogP contribution in [0.2, 0.25) is 0 Å². The predicted molar refractivity (Wildman–Crippen MR) is 126 cm³/mol. The zero-order valence-corrected chi connectivity index (χ0v) is 19.7. The Morgan fingerprint density at radius 1 is 1.18 bits per heavy atom. The van der Waals surface area contributed by atoms with Gasteiger partial charge in [-0.05, 0) is 41.2 Å². The fourth-order valence-corrected chi connectivity index (χ4v) is 4.57. The van der Waals surface area contributed by atoms with Crippen LogP contribution < -0.4 is 4.74 Å². The van der Waals surface area contributed by atoms with Crippen molar-refractivity contribution in [3.63, 3.8) is 0 Å². The van der Waals surface area contributed by atoms with Gasteiger partial charge in [0.05, 0.1) is 43.7 Å². The van der Waals surface area contributed by atoms with Gasteiger partial charge in [-0.25, -0.2) is 0 Å². The van der Waals surface area contributed by atoms with Crippen molar-refractivity contribution in [2.75, 3.05) is 19.8 Å². The van der Waals surface area contributed by atoms with Crippen molar-refractivity contribution in [3.05, 3.63) is 64.2 Å². The van der Waals surface area contributed by atoms with E-state index >= 15 is 0 Å². The van der Waals surface area contributed by atoms with Gasteiger partial charge in [-0.1, -0.05) is 38.1 Å². The van der Waals surface area contributed by atoms with E-state index in [1.165, 1.54) is 5.56 Å². The molecule has 5 atom stereocenters. The zero-order valence-electron chi connectivity index (χ0n) is 19.7. The lowest BCUT2D eigenvalue weighted by Crippen LogP contribution is -2.44. The van der Waals surface area contributed by atoms with Gasteiger partial charge in [0.1, 0.15) is 24.1 Å². The first-order valence-corrected chi connectivity index (χ1v) is 11.9. The minimum absolute atomic E-state index is 0.145. The zero-order chi connectivity index (χ0) is 24.2. The Bertz CT molecular complexity index is 1010. The van der Waals surface area contributed by atoms with E-state index in [0.29, 0.717) is 42.4 Å². The van der Waals surface area contributed by atoms with Crippen LogP contribution in [-0.4, -0.2) is 59.6 Å². The van der Waals surface area contributed by atoms with Crippen molar-refractivity contribution in [2.24, 2.45) is 0 Å². The van der Waals surface area contributed by atoms with Crippen LogP contribution in [0.4, 0.5) is 0 Å². The van der Waals surface area contributed by atoms with Gasteiger partial charge in [-0.2, -0.15) is 5.26 Å². The molecule has 2 saturated heterocycles. The van der Waals surface area contributed by atoms with Crippen LogP contribution in [0.1, 0.15) is 66.5 Å². The first-order chi connectivity index (χ1) is 16.4. The molecule has 2 aliphatic rings. The summed E-state index contributed by atoms with van der Waals surface area (Å²) in [5.41, 5.74) is 4.12. The van der Waals surface area contributed by atoms with E-state index in [9.17, 15) is 20.6 Å². The summed E-state index contributed by atoms with van der Waals surface area (Å²) in [6.07, 6.45) is -2.50. The Hall–Kier alpha value is -2.47. The highest BCUT2D eigenvalue weighted by Gasteiger charge is 2.39. The minimum atomic E-state index is -1.18. The Kier molecular flexibility index (Phi) is 7.87. The number of benzene rings is 2. The molecule has 0 unspecified atom stereocenters. The molecule has 0 bridgehead atoms. The summed E-state index contributed by atoms with van der Waals surface area (Å²) in [5, 5.41) is 40.7. The van der Waals surface area contributed by atoms with E-state index < -0.39 is 24.4 Å². The number of hydrogen-bond donors (Lipinski definition) is 3. The van der Waals surface area contributed by atoms with E-state index in [0.717, 1.165) is 17.5 Å². The highest BCUT2D eigenvalue weighted by Crippen LogP contribution is 2.39. The van der Waals surface area contributed by atoms with Crippen molar-refractivity contribution >= 4 is 0 Å². The van der Waals surface area contributed by atoms with Gasteiger partial charge in [0, 0.05) is 18.4 Å². The van der Waals surface area contributed by atoms with Crippen molar-refractivity contribution in [1.29, 1.82) is 5.26 Å². The third-order valence-electron chi connectivity index (χ3n) is 6.64. The van der Waals surface area contributed by atoms with Crippen molar-refractivity contribution in [1.82, 2.24) is 0 Å². The summed E-state index contributed by atoms with van der Waals surface area (Å²) in [4.78, 5) is 0. The van der Waals surface area contributed by atoms with Gasteiger partial charge < -0.3 is 29.5 Å². The molecule has 0 amide bonds. The third kappa shape index (κ3) is 5.43. The molecule has 0 radical (unpaired) electrons. The van der Waals surface area contributed by atoms with E-state index in [1.54, 1.807) is 6.07 Å². The maximum Gasteiger partial charge on any atom is 0.127 e. The summed E-state index contributed by atoms with van der Waals surface area (Å²) < 4.78 is 17.6. The van der Waals surface area contributed by atoms with Crippen LogP contribution in [0.3, 0.4) is 0 Å². The van der Waals surface area contributed by atoms with Crippen molar-refractivity contribution < 1.29 is 29.5 Å². The number of aliphatic hydroxyl groups is 3. The Morgan fingerprint density at radius 3 is 2.56 bits per heavy atom. The first kappa shape index (κ1) is 24.6. The summed E-state index contributed by atoms with van der Waals surface area (Å²) in [5.74, 6) is 0.864. The second-order valence-corrected chi connectivity index (χ2v) is 9.49. The van der Waals surface area contributed by atoms with Gasteiger partial charge in [0.15, 0.2) is 0 Å². The van der Waals surface area contributed by atoms with Crippen LogP contribution in [0.15, 0.2) is 36.4 Å². The van der Waals surface area contributed by atoms with Crippen LogP contribution in [0.5, 0.6) is 5.75 Å². The highest BCUT2D eigenvalue weighted by atomic mass is 16.6. The number of rotatable bonds is 7. The highest BCUT2D eigenvalue weighted by molar-refractivity contribution is 5.51. The molecule has 7 heteroatoms. The molecule has 0 aromatic heterocycles. The van der Waals surface area contributed by atoms with Gasteiger partial charge in [0.25, 0.3) is 0 Å². The molecule has 0 saturated carbocycles. The molecule has 4 rings (SSSR count). The summed E-state index contributed by atoms with van der Waals surface area (Å²) >= 11 is 0. The number of nitriles is 1. The number of hydrogen-bond acceptors (Lipinski definition) is 7. The van der Waals surface area contributed by atoms with Gasteiger partial charge in [0.2, 0.25) is 0 Å². The average molecular weight is 468 g/mol. The SMILES string of the molecule is CC(C)c1ccc(Cc2cc([C@@H]3O[C@H](CO)C[C@H](O)[C@H]3O)c(O[C@@H]3CCOC3)cc2C#N)cc1. The molecule has 0 spiro atoms. The molecule has 2 aromatic carbocycles. The molecular formula is C27H33NO6. The predicted octanol–water partition coefficient (Wildman–Crippen LogP) is 2.98. The molecule has 2 heterocycles. The molecular weight excluding hydrogens is 434 g/mol. The fourth-order valence-electron chi connectivity index (χ4n) is 4.57. The Labute approximate surface area is 200 Å². The van der Waals surface area contributed by atoms with Crippen LogP contribution in [0.25, 0.3) is 0 Å². The molecule has 182 valence electrons. The molecule has 34 heavy (non-hydrogen) atoms. The molecule has 7 nitrogen and oxygen atoms in total. The number of nitrogens with zero attached hydrogens (tertiary/aromatic N) is 1. The topological polar surface area (TPSA) is 112 Å². The monoisotopic (exact) mass is 467 g/mol. The summed E-state index contributed by atoms with van der Waals surface area (Å²) in [6.45, 7) is 5.07. The van der Waals surface area contributed by atoms with Crippen LogP contribution in [-0.2, 0) is 15.9 Å². The lowest BCUT2D eigenvalue weighted by atomic mass is 9.89. The normalized spacial score (nSPS) is 27.0. The van der Waals surface area contributed by atoms with Gasteiger partial charge in [-0.15, -0.1) is 0 Å².